The molecule has 3 aliphatic rings. The van der Waals surface area contributed by atoms with Crippen LogP contribution in [0.2, 0.25) is 0 Å². The van der Waals surface area contributed by atoms with Crippen molar-refractivity contribution in [2.24, 2.45) is 20.7 Å². The third-order valence-electron chi connectivity index (χ3n) is 5.58. The molecule has 1 aromatic carbocycles. The van der Waals surface area contributed by atoms with Crippen LogP contribution in [-0.2, 0) is 11.2 Å². The fourth-order valence-corrected chi connectivity index (χ4v) is 3.96. The standard InChI is InChI=1S/C19H25N5O7/c1-29-10-3-9(4-11(30-2)13(10)26)5-19(20)16-17(21-7-23-19)24(8-22-16)18-15(28)14(27)12(6-25)31-18/h3-4,7,12,14-15,18,25-28H,5-6,8,20H2,1-2H3/t12-,14-,15-,18-,19?/m1/s1. The molecular weight excluding hydrogens is 410 g/mol. The van der Waals surface area contributed by atoms with Gasteiger partial charge in [0, 0.05) is 6.42 Å². The molecule has 12 heteroatoms. The van der Waals surface area contributed by atoms with Crippen molar-refractivity contribution in [3.8, 4) is 17.2 Å². The Morgan fingerprint density at radius 1 is 1.23 bits per heavy atom. The third-order valence-corrected chi connectivity index (χ3v) is 5.58. The lowest BCUT2D eigenvalue weighted by Gasteiger charge is -2.32. The second-order valence-corrected chi connectivity index (χ2v) is 7.49. The van der Waals surface area contributed by atoms with Gasteiger partial charge in [-0.15, -0.1) is 0 Å². The van der Waals surface area contributed by atoms with Crippen LogP contribution in [0.3, 0.4) is 0 Å². The average molecular weight is 435 g/mol. The van der Waals surface area contributed by atoms with Gasteiger partial charge in [0.1, 0.15) is 37.0 Å². The summed E-state index contributed by atoms with van der Waals surface area (Å²) in [5.74, 6) is 0.703. The summed E-state index contributed by atoms with van der Waals surface area (Å²) in [5, 5.41) is 39.9. The van der Waals surface area contributed by atoms with Crippen LogP contribution < -0.4 is 15.2 Å². The van der Waals surface area contributed by atoms with E-state index in [0.717, 1.165) is 0 Å². The summed E-state index contributed by atoms with van der Waals surface area (Å²) < 4.78 is 16.0. The Bertz CT molecular complexity index is 927. The van der Waals surface area contributed by atoms with Gasteiger partial charge in [-0.1, -0.05) is 0 Å². The smallest absolute Gasteiger partial charge is 0.200 e. The number of aliphatic hydroxyl groups excluding tert-OH is 3. The van der Waals surface area contributed by atoms with Crippen LogP contribution in [0.15, 0.2) is 27.1 Å². The highest BCUT2D eigenvalue weighted by molar-refractivity contribution is 6.47. The molecule has 0 spiro atoms. The summed E-state index contributed by atoms with van der Waals surface area (Å²) >= 11 is 0. The zero-order chi connectivity index (χ0) is 22.3. The highest BCUT2D eigenvalue weighted by Crippen LogP contribution is 2.38. The van der Waals surface area contributed by atoms with Crippen LogP contribution in [0.1, 0.15) is 5.56 Å². The first kappa shape index (κ1) is 21.5. The second kappa shape index (κ2) is 8.05. The van der Waals surface area contributed by atoms with E-state index in [2.05, 4.69) is 15.0 Å². The normalized spacial score (nSPS) is 32.0. The number of aliphatic imine (C=N–C) groups is 3. The summed E-state index contributed by atoms with van der Waals surface area (Å²) in [5.41, 5.74) is 6.39. The molecule has 31 heavy (non-hydrogen) atoms. The number of fused-ring (bicyclic) bond motifs is 1. The number of nitrogens with two attached hydrogens (primary N) is 1. The molecule has 1 unspecified atom stereocenters. The fourth-order valence-electron chi connectivity index (χ4n) is 3.96. The van der Waals surface area contributed by atoms with Crippen molar-refractivity contribution in [1.82, 2.24) is 4.90 Å². The Kier molecular flexibility index (Phi) is 5.58. The Morgan fingerprint density at radius 3 is 2.48 bits per heavy atom. The number of hydrogen-bond acceptors (Lipinski definition) is 12. The van der Waals surface area contributed by atoms with Crippen molar-refractivity contribution < 1.29 is 34.6 Å². The van der Waals surface area contributed by atoms with E-state index in [-0.39, 0.29) is 30.3 Å². The molecule has 4 rings (SSSR count). The van der Waals surface area contributed by atoms with E-state index in [1.807, 2.05) is 0 Å². The SMILES string of the molecule is COc1cc(CC2(N)N=CN=C3C2=NCN3[C@@H]2O[C@H](CO)[C@@H](O)[C@H]2O)cc(OC)c1O. The quantitative estimate of drug-likeness (QED) is 0.345. The third kappa shape index (κ3) is 3.51. The Hall–Kier alpha value is -2.77. The van der Waals surface area contributed by atoms with Gasteiger partial charge >= 0.3 is 0 Å². The maximum Gasteiger partial charge on any atom is 0.200 e. The maximum absolute atomic E-state index is 10.4. The number of aromatic hydroxyl groups is 1. The minimum absolute atomic E-state index is 0.0886. The maximum atomic E-state index is 10.4. The molecule has 12 nitrogen and oxygen atoms in total. The van der Waals surface area contributed by atoms with Gasteiger partial charge in [-0.05, 0) is 17.7 Å². The number of phenolic OH excluding ortho intramolecular Hbond substituents is 1. The zero-order valence-electron chi connectivity index (χ0n) is 17.0. The van der Waals surface area contributed by atoms with Crippen molar-refractivity contribution in [1.29, 1.82) is 0 Å². The van der Waals surface area contributed by atoms with Gasteiger partial charge in [0.2, 0.25) is 5.75 Å². The second-order valence-electron chi connectivity index (χ2n) is 7.49. The molecule has 1 saturated heterocycles. The largest absolute Gasteiger partial charge is 0.502 e. The summed E-state index contributed by atoms with van der Waals surface area (Å²) in [6.07, 6.45) is -2.86. The molecular formula is C19H25N5O7. The lowest BCUT2D eigenvalue weighted by Crippen LogP contribution is -2.56. The van der Waals surface area contributed by atoms with Crippen molar-refractivity contribution in [2.75, 3.05) is 27.5 Å². The summed E-state index contributed by atoms with van der Waals surface area (Å²) in [6, 6.07) is 3.26. The number of amidine groups is 1. The minimum Gasteiger partial charge on any atom is -0.502 e. The van der Waals surface area contributed by atoms with Crippen LogP contribution >= 0.6 is 0 Å². The summed E-state index contributed by atoms with van der Waals surface area (Å²) in [7, 11) is 2.86. The number of hydrogen-bond donors (Lipinski definition) is 5. The summed E-state index contributed by atoms with van der Waals surface area (Å²) in [6.45, 7) is -0.346. The van der Waals surface area contributed by atoms with Gasteiger partial charge in [-0.3, -0.25) is 4.99 Å². The topological polar surface area (TPSA) is 175 Å². The number of ether oxygens (including phenoxy) is 3. The predicted molar refractivity (Wildman–Crippen MR) is 110 cm³/mol. The number of aliphatic hydroxyl groups is 3. The van der Waals surface area contributed by atoms with E-state index in [0.29, 0.717) is 17.1 Å². The number of phenols is 1. The van der Waals surface area contributed by atoms with E-state index in [9.17, 15) is 20.4 Å². The highest BCUT2D eigenvalue weighted by Gasteiger charge is 2.50. The lowest BCUT2D eigenvalue weighted by atomic mass is 9.94. The molecule has 3 aliphatic heterocycles. The molecule has 1 aromatic rings. The molecule has 6 N–H and O–H groups in total. The molecule has 1 fully saturated rings. The molecule has 3 heterocycles. The van der Waals surface area contributed by atoms with Gasteiger partial charge in [0.15, 0.2) is 29.2 Å². The Labute approximate surface area is 177 Å². The molecule has 0 amide bonds. The first-order chi connectivity index (χ1) is 14.8. The molecule has 0 aliphatic carbocycles. The average Bonchev–Trinajstić information content (AvgIpc) is 3.31. The van der Waals surface area contributed by atoms with Gasteiger partial charge in [0.05, 0.1) is 20.8 Å². The minimum atomic E-state index is -1.28. The monoisotopic (exact) mass is 435 g/mol. The van der Waals surface area contributed by atoms with Crippen molar-refractivity contribution in [2.45, 2.75) is 36.6 Å². The number of benzene rings is 1. The Morgan fingerprint density at radius 2 is 1.90 bits per heavy atom. The van der Waals surface area contributed by atoms with Crippen molar-refractivity contribution in [3.63, 3.8) is 0 Å². The van der Waals surface area contributed by atoms with Crippen molar-refractivity contribution in [3.05, 3.63) is 17.7 Å². The molecule has 0 aromatic heterocycles. The van der Waals surface area contributed by atoms with Crippen LogP contribution in [0.5, 0.6) is 17.2 Å². The molecule has 5 atom stereocenters. The van der Waals surface area contributed by atoms with Gasteiger partial charge in [-0.2, -0.15) is 0 Å². The van der Waals surface area contributed by atoms with Crippen LogP contribution in [0, 0.1) is 0 Å². The van der Waals surface area contributed by atoms with E-state index in [1.165, 1.54) is 20.6 Å². The first-order valence-electron chi connectivity index (χ1n) is 9.61. The number of methoxy groups -OCH3 is 2. The van der Waals surface area contributed by atoms with E-state index >= 15 is 0 Å². The predicted octanol–water partition coefficient (Wildman–Crippen LogP) is -1.80. The van der Waals surface area contributed by atoms with Crippen LogP contribution in [0.25, 0.3) is 0 Å². The number of nitrogens with zero attached hydrogens (tertiary/aromatic N) is 4. The van der Waals surface area contributed by atoms with Gasteiger partial charge in [0.25, 0.3) is 0 Å². The van der Waals surface area contributed by atoms with E-state index in [4.69, 9.17) is 19.9 Å². The Balaban J connectivity index is 1.59. The number of rotatable bonds is 6. The zero-order valence-corrected chi connectivity index (χ0v) is 17.0. The molecule has 0 radical (unpaired) electrons. The molecule has 168 valence electrons. The van der Waals surface area contributed by atoms with E-state index < -0.39 is 36.8 Å². The van der Waals surface area contributed by atoms with Gasteiger partial charge < -0.3 is 45.3 Å². The lowest BCUT2D eigenvalue weighted by molar-refractivity contribution is -0.0688. The highest BCUT2D eigenvalue weighted by atomic mass is 16.6. The van der Waals surface area contributed by atoms with Crippen LogP contribution in [-0.4, -0.2) is 101 Å². The summed E-state index contributed by atoms with van der Waals surface area (Å²) in [4.78, 5) is 14.6. The molecule has 0 bridgehead atoms. The van der Waals surface area contributed by atoms with Gasteiger partial charge in [-0.25, -0.2) is 9.98 Å². The van der Waals surface area contributed by atoms with E-state index in [1.54, 1.807) is 17.0 Å². The van der Waals surface area contributed by atoms with Crippen molar-refractivity contribution >= 4 is 17.9 Å². The van der Waals surface area contributed by atoms with Crippen LogP contribution in [0.4, 0.5) is 0 Å². The fraction of sp³-hybridized carbons (Fsp3) is 0.526. The first-order valence-corrected chi connectivity index (χ1v) is 9.61. The molecule has 0 saturated carbocycles.